The largest absolute Gasteiger partial charge is 0.507 e. The van der Waals surface area contributed by atoms with Gasteiger partial charge in [-0.2, -0.15) is 0 Å². The number of aromatic hydroxyl groups is 2. The zero-order chi connectivity index (χ0) is 19.0. The van der Waals surface area contributed by atoms with Crippen LogP contribution in [0.2, 0.25) is 0 Å². The molecule has 0 spiro atoms. The van der Waals surface area contributed by atoms with Gasteiger partial charge in [0.25, 0.3) is 0 Å². The second-order valence-electron chi connectivity index (χ2n) is 6.97. The summed E-state index contributed by atoms with van der Waals surface area (Å²) in [6, 6.07) is 6.03. The van der Waals surface area contributed by atoms with E-state index >= 15 is 0 Å². The van der Waals surface area contributed by atoms with Gasteiger partial charge in [0.2, 0.25) is 0 Å². The van der Waals surface area contributed by atoms with E-state index in [0.29, 0.717) is 0 Å². The molecule has 2 aliphatic carbocycles. The van der Waals surface area contributed by atoms with Crippen LogP contribution in [-0.2, 0) is 6.42 Å². The molecule has 2 aliphatic rings. The molecule has 0 aliphatic heterocycles. The topological polar surface area (TPSA) is 135 Å². The number of benzene rings is 2. The highest BCUT2D eigenvalue weighted by Gasteiger charge is 2.48. The Labute approximate surface area is 147 Å². The molecule has 0 aromatic heterocycles. The molecule has 0 fully saturated rings. The zero-order valence-electron chi connectivity index (χ0n) is 13.7. The number of rotatable bonds is 0. The number of hydrogen-bond acceptors (Lipinski definition) is 7. The van der Waals surface area contributed by atoms with Crippen molar-refractivity contribution in [2.24, 2.45) is 0 Å². The van der Waals surface area contributed by atoms with E-state index in [1.54, 1.807) is 12.1 Å². The van der Waals surface area contributed by atoms with E-state index in [1.165, 1.54) is 19.1 Å². The van der Waals surface area contributed by atoms with Gasteiger partial charge in [-0.3, -0.25) is 9.59 Å². The van der Waals surface area contributed by atoms with E-state index in [0.717, 1.165) is 0 Å². The van der Waals surface area contributed by atoms with E-state index in [2.05, 4.69) is 0 Å². The lowest BCUT2D eigenvalue weighted by Crippen LogP contribution is -2.48. The van der Waals surface area contributed by atoms with Crippen molar-refractivity contribution in [3.8, 4) is 11.5 Å². The highest BCUT2D eigenvalue weighted by atomic mass is 16.4. The molecule has 0 bridgehead atoms. The summed E-state index contributed by atoms with van der Waals surface area (Å²) in [6.07, 6.45) is -3.68. The SMILES string of the molecule is C[C@]1(O)Cc2c(O)c3c(c(O)c2[C@@H](O)[C@H]1O)C(=O)c1ccccc1C3=O. The highest BCUT2D eigenvalue weighted by molar-refractivity contribution is 6.30. The fourth-order valence-corrected chi connectivity index (χ4v) is 3.84. The normalized spacial score (nSPS) is 26.9. The van der Waals surface area contributed by atoms with Crippen LogP contribution in [-0.4, -0.2) is 48.8 Å². The average molecular weight is 356 g/mol. The minimum Gasteiger partial charge on any atom is -0.507 e. The summed E-state index contributed by atoms with van der Waals surface area (Å²) in [5, 5.41) is 52.1. The Balaban J connectivity index is 2.07. The minimum atomic E-state index is -1.79. The molecule has 0 saturated heterocycles. The summed E-state index contributed by atoms with van der Waals surface area (Å²) >= 11 is 0. The van der Waals surface area contributed by atoms with Gasteiger partial charge in [-0.15, -0.1) is 0 Å². The Kier molecular flexibility index (Phi) is 3.30. The highest BCUT2D eigenvalue weighted by Crippen LogP contribution is 2.50. The lowest BCUT2D eigenvalue weighted by atomic mass is 9.72. The molecule has 26 heavy (non-hydrogen) atoms. The third kappa shape index (κ3) is 1.93. The predicted octanol–water partition coefficient (Wildman–Crippen LogP) is 0.575. The molecular weight excluding hydrogens is 340 g/mol. The van der Waals surface area contributed by atoms with E-state index in [1.807, 2.05) is 0 Å². The Morgan fingerprint density at radius 1 is 0.962 bits per heavy atom. The molecule has 7 nitrogen and oxygen atoms in total. The number of phenols is 2. The molecule has 2 aromatic carbocycles. The molecule has 7 heteroatoms. The lowest BCUT2D eigenvalue weighted by molar-refractivity contribution is -0.126. The molecule has 0 amide bonds. The number of phenolic OH excluding ortho intramolecular Hbond substituents is 2. The average Bonchev–Trinajstić information content (AvgIpc) is 2.60. The van der Waals surface area contributed by atoms with E-state index in [4.69, 9.17) is 0 Å². The number of carbonyl (C=O) groups is 2. The van der Waals surface area contributed by atoms with Crippen LogP contribution in [0.1, 0.15) is 56.0 Å². The van der Waals surface area contributed by atoms with Crippen LogP contribution in [0.4, 0.5) is 0 Å². The van der Waals surface area contributed by atoms with E-state index < -0.39 is 46.4 Å². The van der Waals surface area contributed by atoms with Crippen molar-refractivity contribution in [3.05, 3.63) is 57.6 Å². The summed E-state index contributed by atoms with van der Waals surface area (Å²) < 4.78 is 0. The third-order valence-electron chi connectivity index (χ3n) is 5.23. The fraction of sp³-hybridized carbons (Fsp3) is 0.263. The number of aliphatic hydroxyl groups is 3. The molecule has 4 rings (SSSR count). The summed E-state index contributed by atoms with van der Waals surface area (Å²) in [5.41, 5.74) is -2.68. The molecule has 0 radical (unpaired) electrons. The zero-order valence-corrected chi connectivity index (χ0v) is 13.7. The molecule has 134 valence electrons. The van der Waals surface area contributed by atoms with Gasteiger partial charge in [-0.25, -0.2) is 0 Å². The van der Waals surface area contributed by atoms with Gasteiger partial charge < -0.3 is 25.5 Å². The van der Waals surface area contributed by atoms with Crippen molar-refractivity contribution in [2.75, 3.05) is 0 Å². The predicted molar refractivity (Wildman–Crippen MR) is 88.4 cm³/mol. The van der Waals surface area contributed by atoms with Crippen LogP contribution in [0.25, 0.3) is 0 Å². The lowest BCUT2D eigenvalue weighted by Gasteiger charge is -2.39. The van der Waals surface area contributed by atoms with Gasteiger partial charge in [-0.05, 0) is 6.92 Å². The van der Waals surface area contributed by atoms with E-state index in [9.17, 15) is 35.1 Å². The molecule has 3 atom stereocenters. The molecule has 0 saturated carbocycles. The molecule has 5 N–H and O–H groups in total. The van der Waals surface area contributed by atoms with Crippen molar-refractivity contribution in [1.29, 1.82) is 0 Å². The van der Waals surface area contributed by atoms with Gasteiger partial charge in [-0.1, -0.05) is 24.3 Å². The minimum absolute atomic E-state index is 0.0652. The maximum absolute atomic E-state index is 12.8. The Morgan fingerprint density at radius 3 is 2.00 bits per heavy atom. The smallest absolute Gasteiger partial charge is 0.198 e. The van der Waals surface area contributed by atoms with Gasteiger partial charge in [0.15, 0.2) is 11.6 Å². The molecule has 0 heterocycles. The second kappa shape index (κ2) is 5.14. The molecule has 0 unspecified atom stereocenters. The maximum Gasteiger partial charge on any atom is 0.198 e. The third-order valence-corrected chi connectivity index (χ3v) is 5.23. The maximum atomic E-state index is 12.8. The summed E-state index contributed by atoms with van der Waals surface area (Å²) in [4.78, 5) is 25.6. The Bertz CT molecular complexity index is 990. The number of ketones is 2. The molecular formula is C19H16O7. The standard InChI is InChI=1S/C19H16O7/c1-19(26)6-9-10(17(24)18(19)25)16(23)12-11(15(9)22)13(20)7-4-2-3-5-8(7)14(12)21/h2-5,17-18,22-26H,6H2,1H3/t17-,18-,19+/m1/s1. The second-order valence-corrected chi connectivity index (χ2v) is 6.97. The number of carbonyl (C=O) groups excluding carboxylic acids is 2. The first-order chi connectivity index (χ1) is 12.2. The van der Waals surface area contributed by atoms with Gasteiger partial charge in [0.1, 0.15) is 23.7 Å². The van der Waals surface area contributed by atoms with Gasteiger partial charge in [0.05, 0.1) is 16.7 Å². The number of hydrogen-bond donors (Lipinski definition) is 5. The van der Waals surface area contributed by atoms with Crippen molar-refractivity contribution in [3.63, 3.8) is 0 Å². The Hall–Kier alpha value is -2.74. The van der Waals surface area contributed by atoms with Crippen LogP contribution in [0.5, 0.6) is 11.5 Å². The van der Waals surface area contributed by atoms with Crippen molar-refractivity contribution in [1.82, 2.24) is 0 Å². The van der Waals surface area contributed by atoms with E-state index in [-0.39, 0.29) is 34.2 Å². The number of fused-ring (bicyclic) bond motifs is 3. The quantitative estimate of drug-likeness (QED) is 0.372. The van der Waals surface area contributed by atoms with Crippen LogP contribution >= 0.6 is 0 Å². The van der Waals surface area contributed by atoms with Crippen LogP contribution in [0.3, 0.4) is 0 Å². The monoisotopic (exact) mass is 356 g/mol. The Morgan fingerprint density at radius 2 is 1.46 bits per heavy atom. The summed E-state index contributed by atoms with van der Waals surface area (Å²) in [5.74, 6) is -2.54. The van der Waals surface area contributed by atoms with Crippen molar-refractivity contribution < 1.29 is 35.1 Å². The van der Waals surface area contributed by atoms with Crippen molar-refractivity contribution in [2.45, 2.75) is 31.2 Å². The van der Waals surface area contributed by atoms with Gasteiger partial charge >= 0.3 is 0 Å². The number of aliphatic hydroxyl groups excluding tert-OH is 2. The summed E-state index contributed by atoms with van der Waals surface area (Å²) in [7, 11) is 0. The van der Waals surface area contributed by atoms with Crippen LogP contribution in [0, 0.1) is 0 Å². The van der Waals surface area contributed by atoms with Crippen molar-refractivity contribution >= 4 is 11.6 Å². The van der Waals surface area contributed by atoms with Gasteiger partial charge in [0, 0.05) is 28.7 Å². The fourth-order valence-electron chi connectivity index (χ4n) is 3.84. The van der Waals surface area contributed by atoms with Crippen LogP contribution < -0.4 is 0 Å². The first-order valence-electron chi connectivity index (χ1n) is 8.04. The first kappa shape index (κ1) is 16.7. The molecule has 2 aromatic rings. The van der Waals surface area contributed by atoms with Crippen LogP contribution in [0.15, 0.2) is 24.3 Å². The first-order valence-corrected chi connectivity index (χ1v) is 8.04. The summed E-state index contributed by atoms with van der Waals surface area (Å²) in [6.45, 7) is 1.27.